The number of nitrogens with one attached hydrogen (secondary N) is 3. The van der Waals surface area contributed by atoms with Crippen molar-refractivity contribution in [3.05, 3.63) is 92.5 Å². The minimum atomic E-state index is -4.72. The summed E-state index contributed by atoms with van der Waals surface area (Å²) in [5.41, 5.74) is 4.71. The molecule has 0 radical (unpaired) electrons. The van der Waals surface area contributed by atoms with Crippen molar-refractivity contribution in [2.45, 2.75) is 44.3 Å². The van der Waals surface area contributed by atoms with Crippen LogP contribution in [0.25, 0.3) is 33.2 Å². The van der Waals surface area contributed by atoms with Gasteiger partial charge >= 0.3 is 12.2 Å². The van der Waals surface area contributed by atoms with Crippen LogP contribution in [0.1, 0.15) is 35.2 Å². The molecule has 0 bridgehead atoms. The van der Waals surface area contributed by atoms with Crippen molar-refractivity contribution < 1.29 is 27.4 Å². The van der Waals surface area contributed by atoms with Crippen molar-refractivity contribution in [2.24, 2.45) is 7.05 Å². The van der Waals surface area contributed by atoms with E-state index in [2.05, 4.69) is 32.1 Å². The maximum Gasteiger partial charge on any atom is 0.433 e. The number of hydrogen-bond donors (Lipinski definition) is 3. The van der Waals surface area contributed by atoms with Gasteiger partial charge in [0.2, 0.25) is 5.88 Å². The zero-order valence-corrected chi connectivity index (χ0v) is 32.2. The lowest BCUT2D eigenvalue weighted by molar-refractivity contribution is -0.141. The molecule has 3 N–H and O–H groups in total. The summed E-state index contributed by atoms with van der Waals surface area (Å²) >= 11 is 7.01. The van der Waals surface area contributed by atoms with Crippen LogP contribution in [-0.4, -0.2) is 83.2 Å². The fourth-order valence-electron chi connectivity index (χ4n) is 7.62. The molecule has 2 aliphatic heterocycles. The van der Waals surface area contributed by atoms with Crippen LogP contribution in [0.15, 0.2) is 59.5 Å². The predicted octanol–water partition coefficient (Wildman–Crippen LogP) is 6.67. The minimum absolute atomic E-state index is 0.00182. The number of anilines is 2. The Labute approximate surface area is 326 Å². The van der Waals surface area contributed by atoms with Crippen molar-refractivity contribution in [1.29, 1.82) is 0 Å². The Morgan fingerprint density at radius 2 is 1.80 bits per heavy atom. The number of rotatable bonds is 8. The van der Waals surface area contributed by atoms with Gasteiger partial charge in [0.25, 0.3) is 5.56 Å². The first-order valence-electron chi connectivity index (χ1n) is 18.3. The maximum atomic E-state index is 13.7. The van der Waals surface area contributed by atoms with E-state index in [1.165, 1.54) is 18.8 Å². The van der Waals surface area contributed by atoms with Crippen molar-refractivity contribution in [3.63, 3.8) is 0 Å². The van der Waals surface area contributed by atoms with E-state index in [0.717, 1.165) is 78.3 Å². The highest BCUT2D eigenvalue weighted by Crippen LogP contribution is 2.41. The van der Waals surface area contributed by atoms with Crippen LogP contribution in [0.5, 0.6) is 5.88 Å². The van der Waals surface area contributed by atoms with Gasteiger partial charge in [-0.25, -0.2) is 19.4 Å². The van der Waals surface area contributed by atoms with Crippen LogP contribution in [0, 0.1) is 6.92 Å². The number of ether oxygens (including phenoxy) is 2. The fourth-order valence-corrected chi connectivity index (χ4v) is 7.94. The standard InChI is InChI=1S/C31H25ClF3N5O2.C9H17N3O2/c1-16-19(21-10-5-11-22(27(21)32)24-13-17-7-4-9-20(17)29(38-24)42-3)8-6-12-23(16)37-28-26-18(15-36-40(2)30(26)41)14-25(39-28)31(33,34)35;1-14-5-4-12-7-9(11-8(12)13)2-3-10-6-9/h5-6,8,10-15H,4,7,9H2,1-3H3,(H,37,39);10H,2-7H2,1H3,(H,11,13). The van der Waals surface area contributed by atoms with Gasteiger partial charge in [-0.05, 0) is 74.0 Å². The average Bonchev–Trinajstić information content (AvgIpc) is 3.92. The zero-order chi connectivity index (χ0) is 39.8. The lowest BCUT2D eigenvalue weighted by atomic mass is 9.96. The summed E-state index contributed by atoms with van der Waals surface area (Å²) in [6.07, 6.45) is 0.449. The number of nitrogens with zero attached hydrogens (tertiary/aromatic N) is 5. The third-order valence-electron chi connectivity index (χ3n) is 10.6. The number of fused-ring (bicyclic) bond motifs is 2. The summed E-state index contributed by atoms with van der Waals surface area (Å²) in [4.78, 5) is 34.9. The highest BCUT2D eigenvalue weighted by atomic mass is 35.5. The molecule has 1 unspecified atom stereocenters. The summed E-state index contributed by atoms with van der Waals surface area (Å²) in [7, 11) is 4.69. The van der Waals surface area contributed by atoms with Gasteiger partial charge in [0, 0.05) is 61.6 Å². The van der Waals surface area contributed by atoms with Crippen LogP contribution in [0.2, 0.25) is 5.02 Å². The molecule has 16 heteroatoms. The van der Waals surface area contributed by atoms with Gasteiger partial charge in [-0.3, -0.25) is 4.79 Å². The second kappa shape index (κ2) is 15.7. The van der Waals surface area contributed by atoms with E-state index in [-0.39, 0.29) is 28.2 Å². The van der Waals surface area contributed by atoms with E-state index >= 15 is 0 Å². The second-order valence-corrected chi connectivity index (χ2v) is 14.6. The Hall–Kier alpha value is -5.25. The van der Waals surface area contributed by atoms with Gasteiger partial charge in [-0.2, -0.15) is 18.3 Å². The van der Waals surface area contributed by atoms with E-state index in [1.807, 2.05) is 36.1 Å². The third kappa shape index (κ3) is 7.62. The summed E-state index contributed by atoms with van der Waals surface area (Å²) in [5.74, 6) is 0.392. The molecule has 8 rings (SSSR count). The molecule has 12 nitrogen and oxygen atoms in total. The number of halogens is 4. The quantitative estimate of drug-likeness (QED) is 0.158. The molecule has 2 fully saturated rings. The van der Waals surface area contributed by atoms with Gasteiger partial charge in [0.1, 0.15) is 11.5 Å². The summed E-state index contributed by atoms with van der Waals surface area (Å²) in [5, 5.41) is 13.7. The topological polar surface area (TPSA) is 136 Å². The number of carbonyl (C=O) groups excluding carboxylic acids is 1. The van der Waals surface area contributed by atoms with Crippen LogP contribution >= 0.6 is 11.6 Å². The Morgan fingerprint density at radius 1 is 1.04 bits per heavy atom. The SMILES string of the molecule is COCCN1CC2(CCNC2)NC1=O.COc1nc(-c2cccc(-c3cccc(Nc4nc(C(F)(F)F)cc5cnn(C)c(=O)c45)c3C)c2Cl)cc2c1CCC2. The monoisotopic (exact) mass is 790 g/mol. The Morgan fingerprint density at radius 3 is 2.54 bits per heavy atom. The molecule has 1 atom stereocenters. The Bertz CT molecular complexity index is 2360. The van der Waals surface area contributed by atoms with E-state index in [0.29, 0.717) is 41.0 Å². The zero-order valence-electron chi connectivity index (χ0n) is 31.4. The fraction of sp³-hybridized carbons (Fsp3) is 0.375. The number of carbonyl (C=O) groups is 1. The van der Waals surface area contributed by atoms with Crippen LogP contribution in [0.3, 0.4) is 0 Å². The molecule has 3 aliphatic rings. The van der Waals surface area contributed by atoms with Gasteiger partial charge in [0.05, 0.1) is 41.6 Å². The number of methoxy groups -OCH3 is 2. The molecular weight excluding hydrogens is 749 g/mol. The molecule has 56 heavy (non-hydrogen) atoms. The Kier molecular flexibility index (Phi) is 10.9. The van der Waals surface area contributed by atoms with Gasteiger partial charge < -0.3 is 30.3 Å². The van der Waals surface area contributed by atoms with Crippen molar-refractivity contribution >= 4 is 39.9 Å². The van der Waals surface area contributed by atoms with Crippen LogP contribution < -0.4 is 26.2 Å². The van der Waals surface area contributed by atoms with Gasteiger partial charge in [-0.15, -0.1) is 0 Å². The molecule has 2 amide bonds. The van der Waals surface area contributed by atoms with E-state index in [9.17, 15) is 22.8 Å². The largest absolute Gasteiger partial charge is 0.481 e. The maximum absolute atomic E-state index is 13.7. The number of aromatic nitrogens is 4. The second-order valence-electron chi connectivity index (χ2n) is 14.2. The van der Waals surface area contributed by atoms with Crippen molar-refractivity contribution in [3.8, 4) is 28.3 Å². The van der Waals surface area contributed by atoms with Crippen LogP contribution in [0.4, 0.5) is 29.5 Å². The molecule has 1 spiro atoms. The van der Waals surface area contributed by atoms with Crippen molar-refractivity contribution in [1.82, 2.24) is 35.3 Å². The van der Waals surface area contributed by atoms with Gasteiger partial charge in [-0.1, -0.05) is 41.9 Å². The molecule has 294 valence electrons. The number of benzene rings is 2. The minimum Gasteiger partial charge on any atom is -0.481 e. The first kappa shape index (κ1) is 39.0. The number of alkyl halides is 3. The molecule has 2 aromatic carbocycles. The van der Waals surface area contributed by atoms with Gasteiger partial charge in [0.15, 0.2) is 0 Å². The third-order valence-corrected chi connectivity index (χ3v) is 11.0. The van der Waals surface area contributed by atoms with E-state index < -0.39 is 17.4 Å². The Balaban J connectivity index is 0.000000288. The lowest BCUT2D eigenvalue weighted by Gasteiger charge is -2.21. The summed E-state index contributed by atoms with van der Waals surface area (Å²) < 4.78 is 52.7. The van der Waals surface area contributed by atoms with Crippen LogP contribution in [-0.2, 0) is 30.8 Å². The molecule has 5 aromatic rings. The van der Waals surface area contributed by atoms with E-state index in [1.54, 1.807) is 26.4 Å². The number of hydrogen-bond acceptors (Lipinski definition) is 9. The smallest absolute Gasteiger partial charge is 0.433 e. The molecule has 5 heterocycles. The molecule has 3 aromatic heterocycles. The molecule has 1 aliphatic carbocycles. The average molecular weight is 791 g/mol. The molecule has 2 saturated heterocycles. The summed E-state index contributed by atoms with van der Waals surface area (Å²) in [6, 6.07) is 13.9. The van der Waals surface area contributed by atoms with Crippen molar-refractivity contribution in [2.75, 3.05) is 52.3 Å². The lowest BCUT2D eigenvalue weighted by Crippen LogP contribution is -2.45. The highest BCUT2D eigenvalue weighted by Gasteiger charge is 2.44. The number of amides is 2. The van der Waals surface area contributed by atoms with E-state index in [4.69, 9.17) is 26.1 Å². The molecular formula is C40H42ClF3N8O4. The number of urea groups is 1. The normalized spacial score (nSPS) is 17.6. The highest BCUT2D eigenvalue weighted by molar-refractivity contribution is 6.36. The summed E-state index contributed by atoms with van der Waals surface area (Å²) in [6.45, 7) is 5.82. The number of aryl methyl sites for hydroxylation is 2. The molecule has 0 saturated carbocycles. The number of pyridine rings is 2. The predicted molar refractivity (Wildman–Crippen MR) is 209 cm³/mol. The first-order valence-corrected chi connectivity index (χ1v) is 18.6. The first-order chi connectivity index (χ1) is 26.8.